The van der Waals surface area contributed by atoms with Gasteiger partial charge in [-0.15, -0.1) is 35.4 Å². The molecular weight excluding hydrogens is 474 g/mol. The van der Waals surface area contributed by atoms with Gasteiger partial charge in [-0.05, 0) is 0 Å². The van der Waals surface area contributed by atoms with Gasteiger partial charge in [0, 0.05) is 30.1 Å². The standard InChI is InChI=1S/C19H19N5O7S2/c1-3-4-5-31-23-12(11-8-33-19(20)21-11)15(26)22-13-16(27)24-14(18(28)29)10(6-30-9(2)25)7-32-17(13)24/h1,8,13,17H,4-7H2,2H3,(H2,20,21)(H,22,26)(H,28,29)/t13?,17-/m1/s1. The van der Waals surface area contributed by atoms with E-state index in [2.05, 4.69) is 21.4 Å². The molecule has 14 heteroatoms. The second-order valence-corrected chi connectivity index (χ2v) is 8.69. The Morgan fingerprint density at radius 2 is 2.24 bits per heavy atom. The van der Waals surface area contributed by atoms with Crippen molar-refractivity contribution in [3.05, 3.63) is 22.3 Å². The Balaban J connectivity index is 1.76. The molecule has 1 unspecified atom stereocenters. The largest absolute Gasteiger partial charge is 0.477 e. The number of amides is 2. The number of fused-ring (bicyclic) bond motifs is 1. The van der Waals surface area contributed by atoms with Crippen LogP contribution in [0.1, 0.15) is 19.0 Å². The summed E-state index contributed by atoms with van der Waals surface area (Å²) in [6.07, 6.45) is 5.44. The lowest BCUT2D eigenvalue weighted by atomic mass is 10.0. The van der Waals surface area contributed by atoms with Gasteiger partial charge in [0.1, 0.15) is 36.0 Å². The van der Waals surface area contributed by atoms with E-state index in [0.29, 0.717) is 5.57 Å². The van der Waals surface area contributed by atoms with E-state index in [4.69, 9.17) is 21.7 Å². The number of nitrogen functional groups attached to an aromatic ring is 1. The predicted molar refractivity (Wildman–Crippen MR) is 119 cm³/mol. The number of β-lactam (4-membered cyclic amide) rings is 1. The highest BCUT2D eigenvalue weighted by Gasteiger charge is 2.54. The molecule has 0 spiro atoms. The number of carboxylic acids is 1. The smallest absolute Gasteiger partial charge is 0.352 e. The Morgan fingerprint density at radius 1 is 1.48 bits per heavy atom. The van der Waals surface area contributed by atoms with Crippen LogP contribution in [0.3, 0.4) is 0 Å². The molecule has 3 rings (SSSR count). The third-order valence-electron chi connectivity index (χ3n) is 4.46. The van der Waals surface area contributed by atoms with Crippen LogP contribution >= 0.6 is 23.1 Å². The molecule has 0 aromatic carbocycles. The first-order valence-electron chi connectivity index (χ1n) is 9.43. The van der Waals surface area contributed by atoms with Gasteiger partial charge in [-0.1, -0.05) is 5.16 Å². The number of nitrogens with two attached hydrogens (primary N) is 1. The summed E-state index contributed by atoms with van der Waals surface area (Å²) < 4.78 is 4.89. The number of carboxylic acid groups (broad SMARTS) is 1. The summed E-state index contributed by atoms with van der Waals surface area (Å²) in [7, 11) is 0. The van der Waals surface area contributed by atoms with Gasteiger partial charge >= 0.3 is 11.9 Å². The number of terminal acetylenes is 1. The van der Waals surface area contributed by atoms with Gasteiger partial charge in [-0.25, -0.2) is 9.78 Å². The van der Waals surface area contributed by atoms with Gasteiger partial charge in [0.2, 0.25) is 0 Å². The number of aromatic nitrogens is 1. The average molecular weight is 494 g/mol. The number of nitrogens with zero attached hydrogens (tertiary/aromatic N) is 3. The van der Waals surface area contributed by atoms with Gasteiger partial charge in [-0.3, -0.25) is 19.3 Å². The first-order valence-corrected chi connectivity index (χ1v) is 11.4. The summed E-state index contributed by atoms with van der Waals surface area (Å²) in [6, 6.07) is -1.00. The first kappa shape index (κ1) is 24.1. The summed E-state index contributed by atoms with van der Waals surface area (Å²) in [5, 5.41) is 17.0. The lowest BCUT2D eigenvalue weighted by molar-refractivity contribution is -0.150. The molecule has 0 bridgehead atoms. The van der Waals surface area contributed by atoms with Crippen LogP contribution < -0.4 is 11.1 Å². The second-order valence-electron chi connectivity index (χ2n) is 6.70. The van der Waals surface area contributed by atoms with E-state index in [-0.39, 0.29) is 47.6 Å². The molecule has 1 aromatic rings. The number of carbonyl (C=O) groups is 4. The number of carbonyl (C=O) groups excluding carboxylic acids is 3. The Bertz CT molecular complexity index is 1090. The summed E-state index contributed by atoms with van der Waals surface area (Å²) >= 11 is 2.33. The second kappa shape index (κ2) is 10.4. The van der Waals surface area contributed by atoms with Gasteiger partial charge in [0.25, 0.3) is 11.8 Å². The molecule has 1 saturated heterocycles. The Labute approximate surface area is 196 Å². The van der Waals surface area contributed by atoms with Crippen molar-refractivity contribution >= 4 is 57.7 Å². The molecule has 0 saturated carbocycles. The van der Waals surface area contributed by atoms with Crippen molar-refractivity contribution in [3.63, 3.8) is 0 Å². The molecule has 2 atom stereocenters. The van der Waals surface area contributed by atoms with Crippen molar-refractivity contribution in [3.8, 4) is 12.3 Å². The van der Waals surface area contributed by atoms with Gasteiger partial charge in [0.05, 0.1) is 0 Å². The Kier molecular flexibility index (Phi) is 7.56. The van der Waals surface area contributed by atoms with E-state index in [1.165, 1.54) is 24.1 Å². The molecule has 2 aliphatic rings. The number of rotatable bonds is 9. The Hall–Kier alpha value is -3.57. The summed E-state index contributed by atoms with van der Waals surface area (Å²) in [5.74, 6) is -0.692. The monoisotopic (exact) mass is 493 g/mol. The number of hydrogen-bond acceptors (Lipinski definition) is 11. The fraction of sp³-hybridized carbons (Fsp3) is 0.368. The highest BCUT2D eigenvalue weighted by molar-refractivity contribution is 8.00. The normalized spacial score (nSPS) is 19.8. The molecular formula is C19H19N5O7S2. The Morgan fingerprint density at radius 3 is 2.85 bits per heavy atom. The fourth-order valence-corrected chi connectivity index (χ4v) is 4.88. The molecule has 2 amide bonds. The first-order chi connectivity index (χ1) is 15.7. The molecule has 12 nitrogen and oxygen atoms in total. The summed E-state index contributed by atoms with van der Waals surface area (Å²) in [5.41, 5.74) is 5.63. The lowest BCUT2D eigenvalue weighted by Gasteiger charge is -2.49. The number of aliphatic carboxylic acids is 1. The highest BCUT2D eigenvalue weighted by Crippen LogP contribution is 2.40. The maximum atomic E-state index is 12.9. The van der Waals surface area contributed by atoms with Crippen molar-refractivity contribution < 1.29 is 33.9 Å². The van der Waals surface area contributed by atoms with E-state index in [9.17, 15) is 24.3 Å². The number of thioether (sulfide) groups is 1. The van der Waals surface area contributed by atoms with Crippen LogP contribution in [0.25, 0.3) is 0 Å². The van der Waals surface area contributed by atoms with Crippen LogP contribution in [0.4, 0.5) is 5.13 Å². The van der Waals surface area contributed by atoms with Crippen molar-refractivity contribution in [2.75, 3.05) is 24.7 Å². The SMILES string of the molecule is C#CCCON=C(C(=O)NC1C(=O)N2C(C(=O)O)=C(COC(C)=O)CS[C@H]12)c1csc(N)n1. The number of ether oxygens (including phenoxy) is 1. The van der Waals surface area contributed by atoms with Crippen LogP contribution in [0, 0.1) is 12.3 Å². The van der Waals surface area contributed by atoms with Crippen LogP contribution in [0.5, 0.6) is 0 Å². The predicted octanol–water partition coefficient (Wildman–Crippen LogP) is -0.229. The fourth-order valence-electron chi connectivity index (χ4n) is 3.01. The van der Waals surface area contributed by atoms with Crippen molar-refractivity contribution in [1.82, 2.24) is 15.2 Å². The number of hydrogen-bond donors (Lipinski definition) is 3. The minimum atomic E-state index is -1.33. The average Bonchev–Trinajstić information content (AvgIpc) is 3.20. The number of anilines is 1. The van der Waals surface area contributed by atoms with Crippen LogP contribution in [0.2, 0.25) is 0 Å². The van der Waals surface area contributed by atoms with E-state index in [1.54, 1.807) is 0 Å². The van der Waals surface area contributed by atoms with E-state index >= 15 is 0 Å². The minimum Gasteiger partial charge on any atom is -0.477 e. The van der Waals surface area contributed by atoms with Gasteiger partial charge in [-0.2, -0.15) is 0 Å². The van der Waals surface area contributed by atoms with Crippen molar-refractivity contribution in [1.29, 1.82) is 0 Å². The summed E-state index contributed by atoms with van der Waals surface area (Å²) in [6.45, 7) is 1.03. The molecule has 0 aliphatic carbocycles. The molecule has 0 radical (unpaired) electrons. The maximum absolute atomic E-state index is 12.9. The molecule has 2 aliphatic heterocycles. The molecule has 3 heterocycles. The number of nitrogens with one attached hydrogen (secondary N) is 1. The number of oxime groups is 1. The molecule has 4 N–H and O–H groups in total. The molecule has 174 valence electrons. The zero-order valence-corrected chi connectivity index (χ0v) is 18.9. The minimum absolute atomic E-state index is 0.0688. The highest BCUT2D eigenvalue weighted by atomic mass is 32.2. The zero-order valence-electron chi connectivity index (χ0n) is 17.3. The van der Waals surface area contributed by atoms with E-state index < -0.39 is 35.2 Å². The maximum Gasteiger partial charge on any atom is 0.352 e. The van der Waals surface area contributed by atoms with Crippen LogP contribution in [-0.2, 0) is 28.8 Å². The van der Waals surface area contributed by atoms with Gasteiger partial charge in [0.15, 0.2) is 10.8 Å². The zero-order chi connectivity index (χ0) is 24.1. The molecule has 1 fully saturated rings. The summed E-state index contributed by atoms with van der Waals surface area (Å²) in [4.78, 5) is 58.7. The number of esters is 1. The van der Waals surface area contributed by atoms with Gasteiger partial charge < -0.3 is 25.7 Å². The van der Waals surface area contributed by atoms with Crippen LogP contribution in [-0.4, -0.2) is 74.8 Å². The molecule has 33 heavy (non-hydrogen) atoms. The topological polar surface area (TPSA) is 174 Å². The third-order valence-corrected chi connectivity index (χ3v) is 6.47. The van der Waals surface area contributed by atoms with E-state index in [0.717, 1.165) is 16.2 Å². The van der Waals surface area contributed by atoms with E-state index in [1.807, 2.05) is 0 Å². The number of thiazole rings is 1. The van der Waals surface area contributed by atoms with Crippen molar-refractivity contribution in [2.45, 2.75) is 24.8 Å². The quantitative estimate of drug-likeness (QED) is 0.104. The third kappa shape index (κ3) is 5.26. The molecule has 1 aromatic heterocycles. The lowest BCUT2D eigenvalue weighted by Crippen LogP contribution is -2.71. The van der Waals surface area contributed by atoms with Crippen molar-refractivity contribution in [2.24, 2.45) is 5.16 Å². The van der Waals surface area contributed by atoms with Crippen LogP contribution in [0.15, 0.2) is 21.8 Å².